The molecule has 0 atom stereocenters. The average Bonchev–Trinajstić information content (AvgIpc) is 3.74. The summed E-state index contributed by atoms with van der Waals surface area (Å²) >= 11 is 0. The molecule has 0 saturated heterocycles. The van der Waals surface area contributed by atoms with E-state index in [4.69, 9.17) is 28.8 Å². The summed E-state index contributed by atoms with van der Waals surface area (Å²) in [5, 5.41) is 2.02. The molecular weight excluding hydrogens is 568 g/mol. The van der Waals surface area contributed by atoms with Crippen molar-refractivity contribution in [2.45, 2.75) is 0 Å². The van der Waals surface area contributed by atoms with Crippen molar-refractivity contribution in [1.82, 2.24) is 19.9 Å². The number of aromatic nitrogens is 4. The topological polar surface area (TPSA) is 77.8 Å². The van der Waals surface area contributed by atoms with Gasteiger partial charge in [0.15, 0.2) is 23.1 Å². The van der Waals surface area contributed by atoms with Crippen LogP contribution >= 0.6 is 0 Å². The molecule has 0 aliphatic rings. The lowest BCUT2D eigenvalue weighted by Crippen LogP contribution is -2.00. The van der Waals surface area contributed by atoms with Gasteiger partial charge in [0, 0.05) is 33.0 Å². The summed E-state index contributed by atoms with van der Waals surface area (Å²) in [4.78, 5) is 19.5. The molecule has 3 aromatic heterocycles. The Bertz CT molecular complexity index is 2440. The van der Waals surface area contributed by atoms with Gasteiger partial charge in [0.25, 0.3) is 0 Å². The van der Waals surface area contributed by atoms with E-state index in [1.165, 1.54) is 0 Å². The molecule has 9 rings (SSSR count). The van der Waals surface area contributed by atoms with Crippen LogP contribution < -0.4 is 0 Å². The van der Waals surface area contributed by atoms with E-state index in [2.05, 4.69) is 24.3 Å². The third-order valence-corrected chi connectivity index (χ3v) is 8.17. The Hall–Kier alpha value is -6.40. The van der Waals surface area contributed by atoms with Crippen molar-refractivity contribution in [3.8, 4) is 56.7 Å². The van der Waals surface area contributed by atoms with Crippen molar-refractivity contribution in [3.05, 3.63) is 146 Å². The molecule has 9 aromatic rings. The summed E-state index contributed by atoms with van der Waals surface area (Å²) in [7, 11) is 0. The molecule has 0 N–H and O–H groups in total. The summed E-state index contributed by atoms with van der Waals surface area (Å²) in [6.07, 6.45) is 0. The first kappa shape index (κ1) is 26.0. The van der Waals surface area contributed by atoms with Gasteiger partial charge in [0.2, 0.25) is 5.89 Å². The molecule has 0 unspecified atom stereocenters. The number of benzene rings is 6. The summed E-state index contributed by atoms with van der Waals surface area (Å²) in [6, 6.07) is 48.4. The second-order valence-electron chi connectivity index (χ2n) is 11.1. The summed E-state index contributed by atoms with van der Waals surface area (Å²) < 4.78 is 12.4. The summed E-state index contributed by atoms with van der Waals surface area (Å²) in [6.45, 7) is 0. The minimum Gasteiger partial charge on any atom is -0.456 e. The van der Waals surface area contributed by atoms with Crippen LogP contribution in [-0.2, 0) is 0 Å². The molecule has 6 heteroatoms. The lowest BCUT2D eigenvalue weighted by atomic mass is 9.97. The Labute approximate surface area is 263 Å². The Balaban J connectivity index is 1.19. The first-order chi connectivity index (χ1) is 22.8. The minimum atomic E-state index is 0.579. The van der Waals surface area contributed by atoms with Crippen molar-refractivity contribution >= 4 is 33.0 Å². The van der Waals surface area contributed by atoms with Crippen molar-refractivity contribution in [2.24, 2.45) is 0 Å². The molecule has 0 amide bonds. The van der Waals surface area contributed by atoms with Crippen LogP contribution in [0.5, 0.6) is 0 Å². The highest BCUT2D eigenvalue weighted by Gasteiger charge is 2.17. The molecule has 0 saturated carbocycles. The normalized spacial score (nSPS) is 11.5. The zero-order valence-electron chi connectivity index (χ0n) is 24.5. The third kappa shape index (κ3) is 4.52. The van der Waals surface area contributed by atoms with E-state index in [0.29, 0.717) is 23.4 Å². The molecule has 0 aliphatic carbocycles. The largest absolute Gasteiger partial charge is 0.456 e. The minimum absolute atomic E-state index is 0.579. The number of oxazole rings is 1. The van der Waals surface area contributed by atoms with Gasteiger partial charge in [-0.05, 0) is 53.6 Å². The molecule has 216 valence electrons. The zero-order chi connectivity index (χ0) is 30.5. The quantitative estimate of drug-likeness (QED) is 0.198. The van der Waals surface area contributed by atoms with Crippen LogP contribution in [0.2, 0.25) is 0 Å². The summed E-state index contributed by atoms with van der Waals surface area (Å²) in [5.74, 6) is 2.45. The lowest BCUT2D eigenvalue weighted by Gasteiger charge is -2.10. The van der Waals surface area contributed by atoms with E-state index < -0.39 is 0 Å². The number of hydrogen-bond donors (Lipinski definition) is 0. The Morgan fingerprint density at radius 3 is 1.72 bits per heavy atom. The van der Waals surface area contributed by atoms with Crippen LogP contribution in [0.15, 0.2) is 154 Å². The van der Waals surface area contributed by atoms with Crippen LogP contribution in [0.1, 0.15) is 0 Å². The molecule has 46 heavy (non-hydrogen) atoms. The number of hydrogen-bond acceptors (Lipinski definition) is 6. The Morgan fingerprint density at radius 2 is 0.978 bits per heavy atom. The smallest absolute Gasteiger partial charge is 0.227 e. The van der Waals surface area contributed by atoms with E-state index in [0.717, 1.165) is 66.4 Å². The van der Waals surface area contributed by atoms with Crippen molar-refractivity contribution < 1.29 is 8.83 Å². The SMILES string of the molecule is c1ccc(-c2nc(-c3ccccc3)nc(-c3cccc(-c4cccc5oc6ccc(-c7nc8ccccc8o7)cc6c45)c3)n2)cc1. The van der Waals surface area contributed by atoms with Gasteiger partial charge >= 0.3 is 0 Å². The van der Waals surface area contributed by atoms with E-state index in [1.54, 1.807) is 0 Å². The molecule has 3 heterocycles. The highest BCUT2D eigenvalue weighted by atomic mass is 16.3. The van der Waals surface area contributed by atoms with Crippen LogP contribution in [0.3, 0.4) is 0 Å². The molecule has 0 aliphatic heterocycles. The first-order valence-corrected chi connectivity index (χ1v) is 15.1. The van der Waals surface area contributed by atoms with E-state index in [9.17, 15) is 0 Å². The van der Waals surface area contributed by atoms with Gasteiger partial charge in [0.1, 0.15) is 16.7 Å². The number of rotatable bonds is 5. The van der Waals surface area contributed by atoms with Crippen molar-refractivity contribution in [2.75, 3.05) is 0 Å². The van der Waals surface area contributed by atoms with Gasteiger partial charge in [-0.25, -0.2) is 19.9 Å². The fourth-order valence-corrected chi connectivity index (χ4v) is 5.96. The molecule has 0 spiro atoms. The van der Waals surface area contributed by atoms with Crippen LogP contribution in [0.25, 0.3) is 89.8 Å². The van der Waals surface area contributed by atoms with Gasteiger partial charge in [0.05, 0.1) is 0 Å². The number of furan rings is 1. The third-order valence-electron chi connectivity index (χ3n) is 8.17. The number of fused-ring (bicyclic) bond motifs is 4. The second-order valence-corrected chi connectivity index (χ2v) is 11.1. The van der Waals surface area contributed by atoms with E-state index >= 15 is 0 Å². The second kappa shape index (κ2) is 10.6. The number of para-hydroxylation sites is 2. The maximum absolute atomic E-state index is 6.32. The van der Waals surface area contributed by atoms with Gasteiger partial charge in [-0.2, -0.15) is 0 Å². The monoisotopic (exact) mass is 592 g/mol. The van der Waals surface area contributed by atoms with Crippen LogP contribution in [0, 0.1) is 0 Å². The van der Waals surface area contributed by atoms with Crippen molar-refractivity contribution in [1.29, 1.82) is 0 Å². The molecule has 0 radical (unpaired) electrons. The molecule has 0 bridgehead atoms. The highest BCUT2D eigenvalue weighted by Crippen LogP contribution is 2.39. The zero-order valence-corrected chi connectivity index (χ0v) is 24.5. The average molecular weight is 593 g/mol. The predicted octanol–water partition coefficient (Wildman–Crippen LogP) is 10.2. The number of nitrogens with zero attached hydrogens (tertiary/aromatic N) is 4. The Morgan fingerprint density at radius 1 is 0.370 bits per heavy atom. The maximum Gasteiger partial charge on any atom is 0.227 e. The molecule has 6 nitrogen and oxygen atoms in total. The Kier molecular flexibility index (Phi) is 6.03. The van der Waals surface area contributed by atoms with Gasteiger partial charge < -0.3 is 8.83 Å². The summed E-state index contributed by atoms with van der Waals surface area (Å²) in [5.41, 5.74) is 8.93. The lowest BCUT2D eigenvalue weighted by molar-refractivity contribution is 0.620. The van der Waals surface area contributed by atoms with Gasteiger partial charge in [-0.3, -0.25) is 0 Å². The molecule has 0 fully saturated rings. The van der Waals surface area contributed by atoms with Gasteiger partial charge in [-0.1, -0.05) is 103 Å². The van der Waals surface area contributed by atoms with Gasteiger partial charge in [-0.15, -0.1) is 0 Å². The fourth-order valence-electron chi connectivity index (χ4n) is 5.96. The maximum atomic E-state index is 6.32. The predicted molar refractivity (Wildman–Crippen MR) is 182 cm³/mol. The van der Waals surface area contributed by atoms with Crippen LogP contribution in [0.4, 0.5) is 0 Å². The van der Waals surface area contributed by atoms with Crippen LogP contribution in [-0.4, -0.2) is 19.9 Å². The van der Waals surface area contributed by atoms with E-state index in [1.807, 2.05) is 121 Å². The van der Waals surface area contributed by atoms with Crippen molar-refractivity contribution in [3.63, 3.8) is 0 Å². The highest BCUT2D eigenvalue weighted by molar-refractivity contribution is 6.13. The molecule has 6 aromatic carbocycles. The molecular formula is C40H24N4O2. The van der Waals surface area contributed by atoms with E-state index in [-0.39, 0.29) is 0 Å². The standard InChI is InChI=1S/C40H24N4O2/c1-3-11-25(12-4-1)37-42-38(26-13-5-2-6-14-26)44-39(43-37)28-16-9-15-27(23-28)30-17-10-20-35-36(30)31-24-29(21-22-33(31)45-35)40-41-32-18-7-8-19-34(32)46-40/h1-24H. The fraction of sp³-hybridized carbons (Fsp3) is 0. The first-order valence-electron chi connectivity index (χ1n) is 15.1.